The first-order chi connectivity index (χ1) is 8.69. The molecule has 0 saturated carbocycles. The van der Waals surface area contributed by atoms with Gasteiger partial charge in [-0.25, -0.2) is 4.98 Å². The van der Waals surface area contributed by atoms with E-state index >= 15 is 0 Å². The zero-order chi connectivity index (χ0) is 13.4. The highest BCUT2D eigenvalue weighted by Crippen LogP contribution is 2.11. The van der Waals surface area contributed by atoms with Crippen LogP contribution in [-0.4, -0.2) is 37.2 Å². The Morgan fingerprint density at radius 2 is 2.44 bits per heavy atom. The lowest BCUT2D eigenvalue weighted by Crippen LogP contribution is -2.39. The number of rotatable bonds is 6. The summed E-state index contributed by atoms with van der Waals surface area (Å²) in [7, 11) is 1.57. The molecule has 1 heterocycles. The number of carbonyl (C=O) groups is 1. The molecule has 1 amide bonds. The van der Waals surface area contributed by atoms with E-state index in [2.05, 4.69) is 15.6 Å². The van der Waals surface area contributed by atoms with Crippen LogP contribution in [-0.2, 0) is 9.53 Å². The van der Waals surface area contributed by atoms with E-state index in [0.717, 1.165) is 0 Å². The van der Waals surface area contributed by atoms with Crippen LogP contribution in [0, 0.1) is 11.3 Å². The van der Waals surface area contributed by atoms with Gasteiger partial charge in [0, 0.05) is 19.9 Å². The number of methoxy groups -OCH3 is 1. The minimum atomic E-state index is -0.446. The van der Waals surface area contributed by atoms with Crippen molar-refractivity contribution in [1.29, 1.82) is 5.26 Å². The van der Waals surface area contributed by atoms with E-state index in [1.807, 2.05) is 6.07 Å². The van der Waals surface area contributed by atoms with Crippen LogP contribution in [0.15, 0.2) is 18.3 Å². The third kappa shape index (κ3) is 4.03. The van der Waals surface area contributed by atoms with E-state index < -0.39 is 6.04 Å². The summed E-state index contributed by atoms with van der Waals surface area (Å²) < 4.78 is 4.84. The van der Waals surface area contributed by atoms with Crippen LogP contribution >= 0.6 is 0 Å². The van der Waals surface area contributed by atoms with Crippen molar-refractivity contribution < 1.29 is 9.53 Å². The van der Waals surface area contributed by atoms with Crippen molar-refractivity contribution in [2.75, 3.05) is 25.6 Å². The molecule has 1 atom stereocenters. The fourth-order valence-electron chi connectivity index (χ4n) is 1.34. The second-order valence-corrected chi connectivity index (χ2v) is 3.66. The van der Waals surface area contributed by atoms with Crippen LogP contribution in [0.4, 0.5) is 5.69 Å². The molecule has 0 aliphatic rings. The van der Waals surface area contributed by atoms with Crippen molar-refractivity contribution in [2.45, 2.75) is 13.0 Å². The van der Waals surface area contributed by atoms with Gasteiger partial charge in [-0.15, -0.1) is 0 Å². The van der Waals surface area contributed by atoms with Crippen LogP contribution in [0.5, 0.6) is 0 Å². The standard InChI is InChI=1S/C12H16N4O2/c1-9(12(17)15-6-7-18-2)16-10-4-3-5-14-11(10)8-13/h3-5,9,16H,6-7H2,1-2H3,(H,15,17). The summed E-state index contributed by atoms with van der Waals surface area (Å²) in [6, 6.07) is 4.94. The minimum Gasteiger partial charge on any atom is -0.383 e. The highest BCUT2D eigenvalue weighted by Gasteiger charge is 2.13. The Hall–Kier alpha value is -2.13. The first-order valence-corrected chi connectivity index (χ1v) is 5.57. The summed E-state index contributed by atoms with van der Waals surface area (Å²) in [6.07, 6.45) is 1.53. The normalized spacial score (nSPS) is 11.4. The van der Waals surface area contributed by atoms with Gasteiger partial charge in [0.15, 0.2) is 5.69 Å². The number of amides is 1. The first kappa shape index (κ1) is 13.9. The number of nitrogens with one attached hydrogen (secondary N) is 2. The summed E-state index contributed by atoms with van der Waals surface area (Å²) >= 11 is 0. The van der Waals surface area contributed by atoms with E-state index in [4.69, 9.17) is 10.00 Å². The van der Waals surface area contributed by atoms with Crippen LogP contribution in [0.3, 0.4) is 0 Å². The number of nitrogens with zero attached hydrogens (tertiary/aromatic N) is 2. The van der Waals surface area contributed by atoms with Gasteiger partial charge in [0.1, 0.15) is 12.1 Å². The van der Waals surface area contributed by atoms with Crippen LogP contribution in [0.1, 0.15) is 12.6 Å². The molecular formula is C12H16N4O2. The largest absolute Gasteiger partial charge is 0.383 e. The molecule has 0 aromatic carbocycles. The average molecular weight is 248 g/mol. The number of pyridine rings is 1. The molecule has 2 N–H and O–H groups in total. The topological polar surface area (TPSA) is 87.0 Å². The number of aromatic nitrogens is 1. The molecule has 1 unspecified atom stereocenters. The molecule has 1 rings (SSSR count). The van der Waals surface area contributed by atoms with Crippen LogP contribution in [0.2, 0.25) is 0 Å². The number of ether oxygens (including phenoxy) is 1. The van der Waals surface area contributed by atoms with Gasteiger partial charge in [0.25, 0.3) is 0 Å². The molecule has 96 valence electrons. The smallest absolute Gasteiger partial charge is 0.242 e. The Morgan fingerprint density at radius 1 is 1.67 bits per heavy atom. The molecule has 0 fully saturated rings. The fourth-order valence-corrected chi connectivity index (χ4v) is 1.34. The zero-order valence-corrected chi connectivity index (χ0v) is 10.4. The molecule has 6 heteroatoms. The molecule has 0 radical (unpaired) electrons. The molecule has 18 heavy (non-hydrogen) atoms. The van der Waals surface area contributed by atoms with Gasteiger partial charge < -0.3 is 15.4 Å². The first-order valence-electron chi connectivity index (χ1n) is 5.57. The highest BCUT2D eigenvalue weighted by molar-refractivity contribution is 5.84. The zero-order valence-electron chi connectivity index (χ0n) is 10.4. The molecule has 0 spiro atoms. The van der Waals surface area contributed by atoms with Gasteiger partial charge >= 0.3 is 0 Å². The number of carbonyl (C=O) groups excluding carboxylic acids is 1. The second-order valence-electron chi connectivity index (χ2n) is 3.66. The third-order valence-electron chi connectivity index (χ3n) is 2.28. The Balaban J connectivity index is 2.56. The third-order valence-corrected chi connectivity index (χ3v) is 2.28. The van der Waals surface area contributed by atoms with Crippen molar-refractivity contribution in [1.82, 2.24) is 10.3 Å². The Morgan fingerprint density at radius 3 is 3.11 bits per heavy atom. The predicted molar refractivity (Wildman–Crippen MR) is 66.9 cm³/mol. The lowest BCUT2D eigenvalue weighted by molar-refractivity contribution is -0.121. The molecule has 6 nitrogen and oxygen atoms in total. The van der Waals surface area contributed by atoms with E-state index in [-0.39, 0.29) is 11.6 Å². The lowest BCUT2D eigenvalue weighted by Gasteiger charge is -2.15. The quantitative estimate of drug-likeness (QED) is 0.716. The number of anilines is 1. The average Bonchev–Trinajstić information content (AvgIpc) is 2.39. The Bertz CT molecular complexity index is 442. The Labute approximate surface area is 106 Å². The van der Waals surface area contributed by atoms with Gasteiger partial charge in [-0.3, -0.25) is 4.79 Å². The van der Waals surface area contributed by atoms with E-state index in [9.17, 15) is 4.79 Å². The molecule has 1 aromatic rings. The van der Waals surface area contributed by atoms with Crippen LogP contribution < -0.4 is 10.6 Å². The highest BCUT2D eigenvalue weighted by atomic mass is 16.5. The maximum absolute atomic E-state index is 11.7. The number of hydrogen-bond acceptors (Lipinski definition) is 5. The second kappa shape index (κ2) is 7.25. The maximum atomic E-state index is 11.7. The molecule has 0 bridgehead atoms. The molecule has 0 aliphatic carbocycles. The summed E-state index contributed by atoms with van der Waals surface area (Å²) in [6.45, 7) is 2.64. The molecule has 1 aromatic heterocycles. The number of nitriles is 1. The summed E-state index contributed by atoms with van der Waals surface area (Å²) in [4.78, 5) is 15.6. The van der Waals surface area contributed by atoms with Crippen molar-refractivity contribution in [3.8, 4) is 6.07 Å². The van der Waals surface area contributed by atoms with Crippen molar-refractivity contribution in [3.63, 3.8) is 0 Å². The molecule has 0 aliphatic heterocycles. The predicted octanol–water partition coefficient (Wildman–Crippen LogP) is 0.516. The van der Waals surface area contributed by atoms with Gasteiger partial charge in [0.2, 0.25) is 5.91 Å². The summed E-state index contributed by atoms with van der Waals surface area (Å²) in [5.41, 5.74) is 0.823. The minimum absolute atomic E-state index is 0.153. The van der Waals surface area contributed by atoms with Crippen LogP contribution in [0.25, 0.3) is 0 Å². The maximum Gasteiger partial charge on any atom is 0.242 e. The van der Waals surface area contributed by atoms with Crippen molar-refractivity contribution in [2.24, 2.45) is 0 Å². The van der Waals surface area contributed by atoms with E-state index in [0.29, 0.717) is 18.8 Å². The van der Waals surface area contributed by atoms with Gasteiger partial charge in [-0.2, -0.15) is 5.26 Å². The van der Waals surface area contributed by atoms with Gasteiger partial charge in [-0.1, -0.05) is 0 Å². The monoisotopic (exact) mass is 248 g/mol. The van der Waals surface area contributed by atoms with Gasteiger partial charge in [-0.05, 0) is 19.1 Å². The SMILES string of the molecule is COCCNC(=O)C(C)Nc1cccnc1C#N. The van der Waals surface area contributed by atoms with E-state index in [1.165, 1.54) is 6.20 Å². The molecular weight excluding hydrogens is 232 g/mol. The van der Waals surface area contributed by atoms with Gasteiger partial charge in [0.05, 0.1) is 12.3 Å². The van der Waals surface area contributed by atoms with Crippen molar-refractivity contribution in [3.05, 3.63) is 24.0 Å². The Kier molecular flexibility index (Phi) is 5.61. The van der Waals surface area contributed by atoms with Crippen molar-refractivity contribution >= 4 is 11.6 Å². The fraction of sp³-hybridized carbons (Fsp3) is 0.417. The van der Waals surface area contributed by atoms with E-state index in [1.54, 1.807) is 26.2 Å². The number of hydrogen-bond donors (Lipinski definition) is 2. The summed E-state index contributed by atoms with van der Waals surface area (Å²) in [5, 5.41) is 14.5. The molecule has 0 saturated heterocycles. The lowest BCUT2D eigenvalue weighted by atomic mass is 10.2. The summed E-state index contributed by atoms with van der Waals surface area (Å²) in [5.74, 6) is -0.153.